The molecular formula is C10H18ClN3O2. The number of imide groups is 1. The Labute approximate surface area is 101 Å². The first-order valence-electron chi connectivity index (χ1n) is 5.37. The summed E-state index contributed by atoms with van der Waals surface area (Å²) in [4.78, 5) is 24.5. The van der Waals surface area contributed by atoms with Crippen molar-refractivity contribution in [3.05, 3.63) is 0 Å². The third-order valence-electron chi connectivity index (χ3n) is 2.80. The average molecular weight is 248 g/mol. The molecule has 6 heteroatoms. The minimum atomic E-state index is -0.472. The first-order chi connectivity index (χ1) is 7.52. The molecule has 0 saturated carbocycles. The van der Waals surface area contributed by atoms with E-state index in [0.717, 1.165) is 19.5 Å². The molecule has 5 nitrogen and oxygen atoms in total. The van der Waals surface area contributed by atoms with E-state index in [4.69, 9.17) is 11.6 Å². The summed E-state index contributed by atoms with van der Waals surface area (Å²) in [5.41, 5.74) is 0. The smallest absolute Gasteiger partial charge is 0.321 e. The third kappa shape index (κ3) is 3.98. The molecule has 16 heavy (non-hydrogen) atoms. The summed E-state index contributed by atoms with van der Waals surface area (Å²) in [6, 6.07) is -0.327. The van der Waals surface area contributed by atoms with Crippen molar-refractivity contribution in [2.75, 3.05) is 26.0 Å². The Balaban J connectivity index is 2.36. The van der Waals surface area contributed by atoms with Gasteiger partial charge in [0.25, 0.3) is 0 Å². The average Bonchev–Trinajstić information content (AvgIpc) is 2.22. The van der Waals surface area contributed by atoms with Crippen molar-refractivity contribution >= 4 is 23.5 Å². The zero-order valence-electron chi connectivity index (χ0n) is 9.62. The fraction of sp³-hybridized carbons (Fsp3) is 0.800. The molecule has 1 heterocycles. The molecule has 3 amide bonds. The van der Waals surface area contributed by atoms with E-state index >= 15 is 0 Å². The maximum absolute atomic E-state index is 11.4. The molecule has 1 fully saturated rings. The van der Waals surface area contributed by atoms with Gasteiger partial charge in [0.1, 0.15) is 5.88 Å². The molecule has 0 aliphatic carbocycles. The second-order valence-electron chi connectivity index (χ2n) is 4.29. The fourth-order valence-electron chi connectivity index (χ4n) is 1.93. The number of carbonyl (C=O) groups excluding carboxylic acids is 2. The number of nitrogens with one attached hydrogen (secondary N) is 2. The summed E-state index contributed by atoms with van der Waals surface area (Å²) in [6.07, 6.45) is 0.903. The molecule has 1 aliphatic heterocycles. The normalized spacial score (nSPS) is 26.2. The van der Waals surface area contributed by atoms with E-state index < -0.39 is 11.9 Å². The van der Waals surface area contributed by atoms with Crippen LogP contribution in [0.1, 0.15) is 13.3 Å². The zero-order chi connectivity index (χ0) is 12.1. The minimum absolute atomic E-state index is 0.124. The van der Waals surface area contributed by atoms with Crippen LogP contribution in [-0.4, -0.2) is 48.9 Å². The van der Waals surface area contributed by atoms with Crippen LogP contribution >= 0.6 is 11.6 Å². The van der Waals surface area contributed by atoms with Crippen LogP contribution in [0.3, 0.4) is 0 Å². The molecule has 0 bridgehead atoms. The van der Waals surface area contributed by atoms with Gasteiger partial charge in [-0.15, -0.1) is 11.6 Å². The van der Waals surface area contributed by atoms with E-state index in [1.165, 1.54) is 0 Å². The molecule has 2 atom stereocenters. The molecule has 0 aromatic rings. The number of piperidine rings is 1. The van der Waals surface area contributed by atoms with Gasteiger partial charge in [-0.25, -0.2) is 4.79 Å². The van der Waals surface area contributed by atoms with Crippen molar-refractivity contribution < 1.29 is 9.59 Å². The van der Waals surface area contributed by atoms with Crippen molar-refractivity contribution in [3.63, 3.8) is 0 Å². The Hall–Kier alpha value is -0.810. The van der Waals surface area contributed by atoms with Crippen molar-refractivity contribution in [3.8, 4) is 0 Å². The Bertz CT molecular complexity index is 273. The molecular weight excluding hydrogens is 230 g/mol. The van der Waals surface area contributed by atoms with Gasteiger partial charge in [0, 0.05) is 12.6 Å². The largest absolute Gasteiger partial charge is 0.335 e. The number of halogens is 1. The van der Waals surface area contributed by atoms with Crippen LogP contribution in [0.15, 0.2) is 0 Å². The van der Waals surface area contributed by atoms with Crippen LogP contribution in [0, 0.1) is 5.92 Å². The number of hydrogen-bond donors (Lipinski definition) is 2. The van der Waals surface area contributed by atoms with Crippen LogP contribution in [0.25, 0.3) is 0 Å². The molecule has 1 aliphatic rings. The van der Waals surface area contributed by atoms with E-state index in [2.05, 4.69) is 29.5 Å². The molecule has 92 valence electrons. The summed E-state index contributed by atoms with van der Waals surface area (Å²) in [5.74, 6) is -0.286. The fourth-order valence-corrected chi connectivity index (χ4v) is 2.00. The predicted molar refractivity (Wildman–Crippen MR) is 62.5 cm³/mol. The van der Waals surface area contributed by atoms with Gasteiger partial charge in [-0.1, -0.05) is 6.92 Å². The summed E-state index contributed by atoms with van der Waals surface area (Å²) in [6.45, 7) is 4.00. The van der Waals surface area contributed by atoms with Crippen LogP contribution in [0.4, 0.5) is 4.79 Å². The first kappa shape index (κ1) is 13.3. The second kappa shape index (κ2) is 6.06. The van der Waals surface area contributed by atoms with E-state index in [1.54, 1.807) is 0 Å². The Morgan fingerprint density at radius 3 is 2.75 bits per heavy atom. The van der Waals surface area contributed by atoms with Gasteiger partial charge >= 0.3 is 6.03 Å². The quantitative estimate of drug-likeness (QED) is 0.694. The lowest BCUT2D eigenvalue weighted by Crippen LogP contribution is -2.52. The minimum Gasteiger partial charge on any atom is -0.335 e. The van der Waals surface area contributed by atoms with E-state index in [-0.39, 0.29) is 11.9 Å². The standard InChI is InChI=1S/C10H18ClN3O2/c1-7-6-14(2)4-3-8(7)12-10(16)13-9(15)5-11/h7-8H,3-6H2,1-2H3,(H2,12,13,15,16). The second-order valence-corrected chi connectivity index (χ2v) is 4.56. The van der Waals surface area contributed by atoms with Crippen LogP contribution in [-0.2, 0) is 4.79 Å². The number of alkyl halides is 1. The lowest BCUT2D eigenvalue weighted by atomic mass is 9.94. The third-order valence-corrected chi connectivity index (χ3v) is 3.04. The summed E-state index contributed by atoms with van der Waals surface area (Å²) < 4.78 is 0. The van der Waals surface area contributed by atoms with Crippen molar-refractivity contribution in [2.45, 2.75) is 19.4 Å². The highest BCUT2D eigenvalue weighted by Crippen LogP contribution is 2.14. The lowest BCUT2D eigenvalue weighted by molar-refractivity contribution is -0.117. The molecule has 0 radical (unpaired) electrons. The molecule has 2 N–H and O–H groups in total. The van der Waals surface area contributed by atoms with Crippen LogP contribution < -0.4 is 10.6 Å². The topological polar surface area (TPSA) is 61.4 Å². The first-order valence-corrected chi connectivity index (χ1v) is 5.91. The monoisotopic (exact) mass is 247 g/mol. The van der Waals surface area contributed by atoms with E-state index in [9.17, 15) is 9.59 Å². The number of hydrogen-bond acceptors (Lipinski definition) is 3. The number of likely N-dealkylation sites (tertiary alicyclic amines) is 1. The van der Waals surface area contributed by atoms with Gasteiger partial charge in [-0.05, 0) is 25.9 Å². The highest BCUT2D eigenvalue weighted by molar-refractivity contribution is 6.28. The zero-order valence-corrected chi connectivity index (χ0v) is 10.4. The molecule has 0 aromatic carbocycles. The summed E-state index contributed by atoms with van der Waals surface area (Å²) in [7, 11) is 2.06. The van der Waals surface area contributed by atoms with Crippen LogP contribution in [0.2, 0.25) is 0 Å². The van der Waals surface area contributed by atoms with Gasteiger partial charge in [0.15, 0.2) is 0 Å². The number of rotatable bonds is 2. The highest BCUT2D eigenvalue weighted by atomic mass is 35.5. The molecule has 0 aromatic heterocycles. The maximum Gasteiger partial charge on any atom is 0.321 e. The van der Waals surface area contributed by atoms with Crippen molar-refractivity contribution in [2.24, 2.45) is 5.92 Å². The number of amides is 3. The van der Waals surface area contributed by atoms with Crippen molar-refractivity contribution in [1.29, 1.82) is 0 Å². The van der Waals surface area contributed by atoms with Gasteiger partial charge < -0.3 is 10.2 Å². The summed E-state index contributed by atoms with van der Waals surface area (Å²) >= 11 is 5.29. The predicted octanol–water partition coefficient (Wildman–Crippen LogP) is 0.391. The van der Waals surface area contributed by atoms with Crippen LogP contribution in [0.5, 0.6) is 0 Å². The summed E-state index contributed by atoms with van der Waals surface area (Å²) in [5, 5.41) is 4.97. The molecule has 1 saturated heterocycles. The number of nitrogens with zero attached hydrogens (tertiary/aromatic N) is 1. The van der Waals surface area contributed by atoms with Gasteiger partial charge in [-0.2, -0.15) is 0 Å². The van der Waals surface area contributed by atoms with Gasteiger partial charge in [-0.3, -0.25) is 10.1 Å². The van der Waals surface area contributed by atoms with Gasteiger partial charge in [0.05, 0.1) is 0 Å². The highest BCUT2D eigenvalue weighted by Gasteiger charge is 2.25. The van der Waals surface area contributed by atoms with E-state index in [0.29, 0.717) is 5.92 Å². The Morgan fingerprint density at radius 1 is 1.50 bits per heavy atom. The van der Waals surface area contributed by atoms with Gasteiger partial charge in [0.2, 0.25) is 5.91 Å². The Morgan fingerprint density at radius 2 is 2.19 bits per heavy atom. The SMILES string of the molecule is CC1CN(C)CCC1NC(=O)NC(=O)CCl. The van der Waals surface area contributed by atoms with Crippen molar-refractivity contribution in [1.82, 2.24) is 15.5 Å². The number of urea groups is 1. The molecule has 0 spiro atoms. The number of carbonyl (C=O) groups is 2. The Kier molecular flexibility index (Phi) is 5.02. The maximum atomic E-state index is 11.4. The molecule has 2 unspecified atom stereocenters. The lowest BCUT2D eigenvalue weighted by Gasteiger charge is -2.35. The molecule has 1 rings (SSSR count). The van der Waals surface area contributed by atoms with E-state index in [1.807, 2.05) is 0 Å².